The number of nitrogens with one attached hydrogen (secondary N) is 2. The Morgan fingerprint density at radius 3 is 2.95 bits per heavy atom. The summed E-state index contributed by atoms with van der Waals surface area (Å²) in [5, 5.41) is 0.834. The van der Waals surface area contributed by atoms with E-state index in [0.29, 0.717) is 11.6 Å². The van der Waals surface area contributed by atoms with Gasteiger partial charge in [0.05, 0.1) is 36.2 Å². The molecule has 0 atom stereocenters. The molecule has 0 spiro atoms. The van der Waals surface area contributed by atoms with Gasteiger partial charge in [0.25, 0.3) is 0 Å². The number of hydrogen-bond donors (Lipinski definition) is 3. The van der Waals surface area contributed by atoms with Crippen molar-refractivity contribution < 1.29 is 4.74 Å². The molecule has 3 rings (SSSR count). The zero-order chi connectivity index (χ0) is 14.7. The third kappa shape index (κ3) is 3.06. The van der Waals surface area contributed by atoms with Crippen LogP contribution in [0.5, 0.6) is 5.75 Å². The third-order valence-corrected chi connectivity index (χ3v) is 3.78. The van der Waals surface area contributed by atoms with Gasteiger partial charge in [0.2, 0.25) is 0 Å². The second kappa shape index (κ2) is 5.98. The van der Waals surface area contributed by atoms with Crippen molar-refractivity contribution in [1.82, 2.24) is 19.9 Å². The maximum absolute atomic E-state index is 5.25. The van der Waals surface area contributed by atoms with Gasteiger partial charge in [-0.2, -0.15) is 0 Å². The van der Waals surface area contributed by atoms with E-state index in [4.69, 9.17) is 10.6 Å². The van der Waals surface area contributed by atoms with Gasteiger partial charge in [-0.05, 0) is 12.1 Å². The fourth-order valence-electron chi connectivity index (χ4n) is 1.81. The number of rotatable bonds is 5. The molecule has 21 heavy (non-hydrogen) atoms. The number of nitrogens with zero attached hydrogens (tertiary/aromatic N) is 3. The molecule has 108 valence electrons. The van der Waals surface area contributed by atoms with Crippen molar-refractivity contribution in [3.63, 3.8) is 0 Å². The average molecular weight is 302 g/mol. The molecule has 0 aliphatic heterocycles. The first kappa shape index (κ1) is 13.7. The Morgan fingerprint density at radius 2 is 2.24 bits per heavy atom. The minimum Gasteiger partial charge on any atom is -0.497 e. The highest BCUT2D eigenvalue weighted by Crippen LogP contribution is 2.24. The SMILES string of the molecule is COc1ccc2nc(SCc3cnc(NN)cn3)[nH]c2c1. The molecule has 2 aromatic heterocycles. The van der Waals surface area contributed by atoms with E-state index in [1.807, 2.05) is 18.2 Å². The quantitative estimate of drug-likeness (QED) is 0.376. The number of imidazole rings is 1. The highest BCUT2D eigenvalue weighted by Gasteiger charge is 2.06. The molecule has 0 bridgehead atoms. The van der Waals surface area contributed by atoms with Gasteiger partial charge in [-0.3, -0.25) is 4.98 Å². The first-order valence-corrected chi connectivity index (χ1v) is 7.21. The number of benzene rings is 1. The van der Waals surface area contributed by atoms with Crippen LogP contribution >= 0.6 is 11.8 Å². The molecule has 7 nitrogen and oxygen atoms in total. The predicted molar refractivity (Wildman–Crippen MR) is 82.0 cm³/mol. The molecule has 0 aliphatic carbocycles. The van der Waals surface area contributed by atoms with E-state index in [1.54, 1.807) is 31.3 Å². The monoisotopic (exact) mass is 302 g/mol. The summed E-state index contributed by atoms with van der Waals surface area (Å²) in [6, 6.07) is 5.74. The van der Waals surface area contributed by atoms with Crippen molar-refractivity contribution in [3.05, 3.63) is 36.3 Å². The fraction of sp³-hybridized carbons (Fsp3) is 0.154. The predicted octanol–water partition coefficient (Wildman–Crippen LogP) is 1.94. The number of nitrogen functional groups attached to an aromatic ring is 1. The molecule has 0 amide bonds. The van der Waals surface area contributed by atoms with Crippen molar-refractivity contribution in [2.24, 2.45) is 5.84 Å². The van der Waals surface area contributed by atoms with E-state index in [2.05, 4.69) is 25.4 Å². The molecule has 4 N–H and O–H groups in total. The number of hydrogen-bond acceptors (Lipinski definition) is 7. The van der Waals surface area contributed by atoms with Crippen molar-refractivity contribution >= 4 is 28.6 Å². The van der Waals surface area contributed by atoms with Crippen LogP contribution in [-0.4, -0.2) is 27.0 Å². The molecule has 8 heteroatoms. The normalized spacial score (nSPS) is 10.8. The Morgan fingerprint density at radius 1 is 1.33 bits per heavy atom. The Bertz CT molecular complexity index is 742. The number of anilines is 1. The zero-order valence-electron chi connectivity index (χ0n) is 11.3. The number of thioether (sulfide) groups is 1. The highest BCUT2D eigenvalue weighted by atomic mass is 32.2. The number of ether oxygens (including phenoxy) is 1. The fourth-order valence-corrected chi connectivity index (χ4v) is 2.59. The van der Waals surface area contributed by atoms with Gasteiger partial charge in [-0.15, -0.1) is 0 Å². The largest absolute Gasteiger partial charge is 0.497 e. The van der Waals surface area contributed by atoms with Crippen LogP contribution in [0.25, 0.3) is 11.0 Å². The van der Waals surface area contributed by atoms with Crippen molar-refractivity contribution in [3.8, 4) is 5.75 Å². The summed E-state index contributed by atoms with van der Waals surface area (Å²) >= 11 is 1.56. The van der Waals surface area contributed by atoms with Crippen molar-refractivity contribution in [2.45, 2.75) is 10.9 Å². The summed E-state index contributed by atoms with van der Waals surface area (Å²) in [6.45, 7) is 0. The molecule has 2 heterocycles. The van der Waals surface area contributed by atoms with Crippen LogP contribution in [0.3, 0.4) is 0 Å². The number of aromatic amines is 1. The Balaban J connectivity index is 1.72. The molecule has 0 unspecified atom stereocenters. The number of H-pyrrole nitrogens is 1. The van der Waals surface area contributed by atoms with Gasteiger partial charge in [0, 0.05) is 11.8 Å². The smallest absolute Gasteiger partial charge is 0.166 e. The maximum Gasteiger partial charge on any atom is 0.166 e. The molecule has 3 aromatic rings. The minimum absolute atomic E-state index is 0.541. The summed E-state index contributed by atoms with van der Waals surface area (Å²) in [7, 11) is 1.64. The number of nitrogens with two attached hydrogens (primary N) is 1. The second-order valence-corrected chi connectivity index (χ2v) is 5.22. The number of hydrazine groups is 1. The molecule has 0 fully saturated rings. The van der Waals surface area contributed by atoms with E-state index in [0.717, 1.165) is 27.6 Å². The van der Waals surface area contributed by atoms with Crippen LogP contribution in [0.4, 0.5) is 5.82 Å². The summed E-state index contributed by atoms with van der Waals surface area (Å²) in [5.41, 5.74) is 5.16. The standard InChI is InChI=1S/C13H14N6OS/c1-20-9-2-3-10-11(4-9)18-13(17-10)21-7-8-5-16-12(19-14)6-15-8/h2-6H,7,14H2,1H3,(H,16,19)(H,17,18). The molecule has 0 radical (unpaired) electrons. The van der Waals surface area contributed by atoms with Gasteiger partial charge in [0.1, 0.15) is 5.75 Å². The molecule has 1 aromatic carbocycles. The van der Waals surface area contributed by atoms with Gasteiger partial charge in [-0.1, -0.05) is 11.8 Å². The van der Waals surface area contributed by atoms with Gasteiger partial charge in [0.15, 0.2) is 11.0 Å². The molecule has 0 saturated carbocycles. The number of fused-ring (bicyclic) bond motifs is 1. The Kier molecular flexibility index (Phi) is 3.89. The lowest BCUT2D eigenvalue weighted by Gasteiger charge is -2.00. The summed E-state index contributed by atoms with van der Waals surface area (Å²) in [6.07, 6.45) is 3.28. The molecule has 0 saturated heterocycles. The number of methoxy groups -OCH3 is 1. The van der Waals surface area contributed by atoms with Crippen LogP contribution in [0, 0.1) is 0 Å². The lowest BCUT2D eigenvalue weighted by atomic mass is 10.3. The minimum atomic E-state index is 0.541. The maximum atomic E-state index is 5.25. The Hall–Kier alpha value is -2.32. The van der Waals surface area contributed by atoms with Crippen LogP contribution in [0.2, 0.25) is 0 Å². The zero-order valence-corrected chi connectivity index (χ0v) is 12.1. The molecular formula is C13H14N6OS. The van der Waals surface area contributed by atoms with E-state index >= 15 is 0 Å². The van der Waals surface area contributed by atoms with E-state index < -0.39 is 0 Å². The topological polar surface area (TPSA) is 102 Å². The van der Waals surface area contributed by atoms with Gasteiger partial charge >= 0.3 is 0 Å². The second-order valence-electron chi connectivity index (χ2n) is 4.25. The van der Waals surface area contributed by atoms with Gasteiger partial charge < -0.3 is 15.1 Å². The third-order valence-electron chi connectivity index (χ3n) is 2.88. The van der Waals surface area contributed by atoms with Crippen LogP contribution in [0.1, 0.15) is 5.69 Å². The average Bonchev–Trinajstić information content (AvgIpc) is 2.95. The van der Waals surface area contributed by atoms with E-state index in [1.165, 1.54) is 0 Å². The summed E-state index contributed by atoms with van der Waals surface area (Å²) < 4.78 is 5.19. The first-order chi connectivity index (χ1) is 10.3. The summed E-state index contributed by atoms with van der Waals surface area (Å²) in [4.78, 5) is 16.1. The van der Waals surface area contributed by atoms with Crippen LogP contribution < -0.4 is 16.0 Å². The van der Waals surface area contributed by atoms with Gasteiger partial charge in [-0.25, -0.2) is 15.8 Å². The lowest BCUT2D eigenvalue weighted by Crippen LogP contribution is -2.08. The van der Waals surface area contributed by atoms with Crippen LogP contribution in [-0.2, 0) is 5.75 Å². The lowest BCUT2D eigenvalue weighted by molar-refractivity contribution is 0.415. The first-order valence-electron chi connectivity index (χ1n) is 6.22. The Labute approximate surface area is 125 Å². The number of aromatic nitrogens is 4. The van der Waals surface area contributed by atoms with E-state index in [9.17, 15) is 0 Å². The molecular weight excluding hydrogens is 288 g/mol. The van der Waals surface area contributed by atoms with Crippen LogP contribution in [0.15, 0.2) is 35.7 Å². The van der Waals surface area contributed by atoms with Crippen molar-refractivity contribution in [1.29, 1.82) is 0 Å². The molecule has 0 aliphatic rings. The highest BCUT2D eigenvalue weighted by molar-refractivity contribution is 7.98. The van der Waals surface area contributed by atoms with E-state index in [-0.39, 0.29) is 0 Å². The summed E-state index contributed by atoms with van der Waals surface area (Å²) in [5.74, 6) is 7.27. The van der Waals surface area contributed by atoms with Crippen molar-refractivity contribution in [2.75, 3.05) is 12.5 Å².